The molecule has 1 aliphatic rings. The monoisotopic (exact) mass is 440 g/mol. The van der Waals surface area contributed by atoms with Gasteiger partial charge < -0.3 is 19.5 Å². The minimum atomic E-state index is -0.518. The van der Waals surface area contributed by atoms with E-state index in [4.69, 9.17) is 4.74 Å². The third-order valence-corrected chi connectivity index (χ3v) is 5.37. The number of aryl methyl sites for hydroxylation is 1. The van der Waals surface area contributed by atoms with Crippen molar-refractivity contribution in [2.45, 2.75) is 25.9 Å². The first-order valence-corrected chi connectivity index (χ1v) is 10.5. The molecule has 0 bridgehead atoms. The molecule has 10 heteroatoms. The molecule has 2 aromatic heterocycles. The zero-order chi connectivity index (χ0) is 22.5. The van der Waals surface area contributed by atoms with Gasteiger partial charge in [-0.15, -0.1) is 0 Å². The zero-order valence-electron chi connectivity index (χ0n) is 17.8. The van der Waals surface area contributed by atoms with Crippen molar-refractivity contribution in [2.24, 2.45) is 0 Å². The number of morpholine rings is 1. The number of hydrogen-bond donors (Lipinski definition) is 2. The third-order valence-electron chi connectivity index (χ3n) is 5.37. The number of rotatable bonds is 7. The van der Waals surface area contributed by atoms with Gasteiger partial charge in [-0.2, -0.15) is 0 Å². The van der Waals surface area contributed by atoms with Gasteiger partial charge in [0, 0.05) is 32.1 Å². The molecule has 2 N–H and O–H groups in total. The Morgan fingerprint density at radius 2 is 2.03 bits per heavy atom. The van der Waals surface area contributed by atoms with Gasteiger partial charge in [0.15, 0.2) is 0 Å². The third kappa shape index (κ3) is 5.02. The zero-order valence-corrected chi connectivity index (χ0v) is 17.8. The van der Waals surface area contributed by atoms with Crippen LogP contribution in [0.15, 0.2) is 47.7 Å². The summed E-state index contributed by atoms with van der Waals surface area (Å²) in [6.45, 7) is 4.91. The second-order valence-electron chi connectivity index (χ2n) is 7.51. The van der Waals surface area contributed by atoms with Crippen LogP contribution in [0.25, 0.3) is 0 Å². The summed E-state index contributed by atoms with van der Waals surface area (Å²) in [5, 5.41) is 2.99. The van der Waals surface area contributed by atoms with E-state index in [1.165, 1.54) is 24.4 Å². The maximum Gasteiger partial charge on any atom is 0.270 e. The van der Waals surface area contributed by atoms with Gasteiger partial charge in [-0.05, 0) is 24.6 Å². The van der Waals surface area contributed by atoms with E-state index >= 15 is 0 Å². The molecule has 1 unspecified atom stereocenters. The molecular formula is C22H25FN6O3. The number of nitrogens with one attached hydrogen (secondary N) is 2. The normalized spacial score (nSPS) is 14.9. The fraction of sp³-hybridized carbons (Fsp3) is 0.364. The first kappa shape index (κ1) is 21.7. The predicted octanol–water partition coefficient (Wildman–Crippen LogP) is 1.68. The Labute approximate surface area is 184 Å². The highest BCUT2D eigenvalue weighted by Crippen LogP contribution is 2.20. The van der Waals surface area contributed by atoms with Crippen LogP contribution in [0.2, 0.25) is 0 Å². The summed E-state index contributed by atoms with van der Waals surface area (Å²) in [4.78, 5) is 38.6. The van der Waals surface area contributed by atoms with Crippen molar-refractivity contribution in [1.29, 1.82) is 0 Å². The highest BCUT2D eigenvalue weighted by Gasteiger charge is 2.21. The number of carbonyl (C=O) groups excluding carboxylic acids is 1. The van der Waals surface area contributed by atoms with Crippen molar-refractivity contribution >= 4 is 11.9 Å². The molecule has 1 aliphatic heterocycles. The number of H-pyrrole nitrogens is 1. The Hall–Kier alpha value is -3.53. The van der Waals surface area contributed by atoms with Crippen molar-refractivity contribution < 1.29 is 13.9 Å². The molecule has 3 aromatic rings. The van der Waals surface area contributed by atoms with Crippen molar-refractivity contribution in [2.75, 3.05) is 31.2 Å². The molecule has 3 heterocycles. The highest BCUT2D eigenvalue weighted by molar-refractivity contribution is 5.92. The Balaban J connectivity index is 1.62. The van der Waals surface area contributed by atoms with Gasteiger partial charge in [0.05, 0.1) is 37.5 Å². The number of imidazole rings is 1. The minimum absolute atomic E-state index is 0.263. The van der Waals surface area contributed by atoms with Gasteiger partial charge in [0.2, 0.25) is 5.95 Å². The molecule has 168 valence electrons. The average molecular weight is 440 g/mol. The van der Waals surface area contributed by atoms with Crippen LogP contribution in [0.4, 0.5) is 10.3 Å². The Kier molecular flexibility index (Phi) is 6.60. The smallest absolute Gasteiger partial charge is 0.270 e. The SMILES string of the molecule is CCn1cncc1C(=O)NC(Cc1cc(=O)[nH]c(N2CCOCC2)n1)c1ccc(F)cc1. The number of aromatic nitrogens is 4. The molecule has 0 saturated carbocycles. The molecule has 1 aromatic carbocycles. The number of benzene rings is 1. The van der Waals surface area contributed by atoms with E-state index in [0.717, 1.165) is 0 Å². The van der Waals surface area contributed by atoms with Gasteiger partial charge in [0.25, 0.3) is 11.5 Å². The molecule has 1 saturated heterocycles. The second-order valence-corrected chi connectivity index (χ2v) is 7.51. The van der Waals surface area contributed by atoms with E-state index in [1.54, 1.807) is 23.0 Å². The lowest BCUT2D eigenvalue weighted by atomic mass is 10.0. The molecule has 0 spiro atoms. The summed E-state index contributed by atoms with van der Waals surface area (Å²) in [5.74, 6) is -0.201. The topological polar surface area (TPSA) is 105 Å². The van der Waals surface area contributed by atoms with E-state index in [1.807, 2.05) is 11.8 Å². The standard InChI is InChI=1S/C22H25FN6O3/c1-2-28-14-24-13-19(28)21(31)26-18(15-3-5-16(23)6-4-15)11-17-12-20(30)27-22(25-17)29-7-9-32-10-8-29/h3-6,12-14,18H,2,7-11H2,1H3,(H,26,31)(H,25,27,30). The lowest BCUT2D eigenvalue weighted by Crippen LogP contribution is -2.38. The van der Waals surface area contributed by atoms with Crippen LogP contribution >= 0.6 is 0 Å². The van der Waals surface area contributed by atoms with Crippen molar-refractivity contribution in [3.63, 3.8) is 0 Å². The Morgan fingerprint density at radius 1 is 1.28 bits per heavy atom. The van der Waals surface area contributed by atoms with Crippen molar-refractivity contribution in [3.8, 4) is 0 Å². The molecule has 1 amide bonds. The predicted molar refractivity (Wildman–Crippen MR) is 116 cm³/mol. The van der Waals surface area contributed by atoms with Gasteiger partial charge in [-0.1, -0.05) is 12.1 Å². The molecule has 32 heavy (non-hydrogen) atoms. The number of nitrogens with zero attached hydrogens (tertiary/aromatic N) is 4. The van der Waals surface area contributed by atoms with Crippen molar-refractivity contribution in [1.82, 2.24) is 24.8 Å². The summed E-state index contributed by atoms with van der Waals surface area (Å²) in [7, 11) is 0. The number of anilines is 1. The fourth-order valence-corrected chi connectivity index (χ4v) is 3.67. The van der Waals surface area contributed by atoms with Gasteiger partial charge >= 0.3 is 0 Å². The van der Waals surface area contributed by atoms with Gasteiger partial charge in [-0.25, -0.2) is 14.4 Å². The Bertz CT molecular complexity index is 1120. The average Bonchev–Trinajstić information content (AvgIpc) is 3.28. The summed E-state index contributed by atoms with van der Waals surface area (Å²) < 4.78 is 20.6. The molecule has 1 atom stereocenters. The van der Waals surface area contributed by atoms with Crippen LogP contribution in [-0.4, -0.2) is 51.7 Å². The van der Waals surface area contributed by atoms with Crippen LogP contribution in [0.5, 0.6) is 0 Å². The number of ether oxygens (including phenoxy) is 1. The first-order chi connectivity index (χ1) is 15.5. The quantitative estimate of drug-likeness (QED) is 0.579. The summed E-state index contributed by atoms with van der Waals surface area (Å²) in [5.41, 5.74) is 1.38. The second kappa shape index (κ2) is 9.73. The van der Waals surface area contributed by atoms with Crippen molar-refractivity contribution in [3.05, 3.63) is 76.0 Å². The lowest BCUT2D eigenvalue weighted by Gasteiger charge is -2.27. The molecule has 9 nitrogen and oxygen atoms in total. The molecule has 0 aliphatic carbocycles. The molecular weight excluding hydrogens is 415 g/mol. The van der Waals surface area contributed by atoms with E-state index in [2.05, 4.69) is 20.3 Å². The van der Waals surface area contributed by atoms with Gasteiger partial charge in [-0.3, -0.25) is 14.6 Å². The molecule has 0 radical (unpaired) electrons. The van der Waals surface area contributed by atoms with Crippen LogP contribution in [0.3, 0.4) is 0 Å². The van der Waals surface area contributed by atoms with E-state index in [0.29, 0.717) is 55.7 Å². The minimum Gasteiger partial charge on any atom is -0.378 e. The van der Waals surface area contributed by atoms with Crippen LogP contribution in [0.1, 0.15) is 34.7 Å². The van der Waals surface area contributed by atoms with Crippen LogP contribution in [-0.2, 0) is 17.7 Å². The highest BCUT2D eigenvalue weighted by atomic mass is 19.1. The number of hydrogen-bond acceptors (Lipinski definition) is 6. The van der Waals surface area contributed by atoms with Crippen LogP contribution in [0, 0.1) is 5.82 Å². The number of amides is 1. The fourth-order valence-electron chi connectivity index (χ4n) is 3.67. The van der Waals surface area contributed by atoms with Gasteiger partial charge in [0.1, 0.15) is 11.5 Å². The summed E-state index contributed by atoms with van der Waals surface area (Å²) in [6, 6.07) is 6.82. The van der Waals surface area contributed by atoms with Crippen LogP contribution < -0.4 is 15.8 Å². The molecule has 4 rings (SSSR count). The lowest BCUT2D eigenvalue weighted by molar-refractivity contribution is 0.0927. The number of carbonyl (C=O) groups is 1. The molecule has 1 fully saturated rings. The number of aromatic amines is 1. The Morgan fingerprint density at radius 3 is 2.75 bits per heavy atom. The maximum absolute atomic E-state index is 13.5. The number of halogens is 1. The summed E-state index contributed by atoms with van der Waals surface area (Å²) >= 11 is 0. The summed E-state index contributed by atoms with van der Waals surface area (Å²) in [6.07, 6.45) is 3.36. The first-order valence-electron chi connectivity index (χ1n) is 10.5. The largest absolute Gasteiger partial charge is 0.378 e. The van der Waals surface area contributed by atoms with E-state index in [-0.39, 0.29) is 23.7 Å². The maximum atomic E-state index is 13.5. The van der Waals surface area contributed by atoms with E-state index in [9.17, 15) is 14.0 Å². The van der Waals surface area contributed by atoms with E-state index < -0.39 is 6.04 Å².